The summed E-state index contributed by atoms with van der Waals surface area (Å²) in [7, 11) is 0. The summed E-state index contributed by atoms with van der Waals surface area (Å²) in [6.45, 7) is 1.52. The van der Waals surface area contributed by atoms with Crippen molar-refractivity contribution in [1.29, 1.82) is 0 Å². The highest BCUT2D eigenvalue weighted by atomic mass is 16.1. The molecule has 0 saturated carbocycles. The van der Waals surface area contributed by atoms with E-state index in [1.54, 1.807) is 18.5 Å². The lowest BCUT2D eigenvalue weighted by Gasteiger charge is -2.18. The van der Waals surface area contributed by atoms with E-state index in [-0.39, 0.29) is 5.91 Å². The van der Waals surface area contributed by atoms with E-state index >= 15 is 0 Å². The van der Waals surface area contributed by atoms with Crippen molar-refractivity contribution >= 4 is 11.9 Å². The van der Waals surface area contributed by atoms with E-state index in [2.05, 4.69) is 32.8 Å². The van der Waals surface area contributed by atoms with Gasteiger partial charge in [0.2, 0.25) is 11.9 Å². The molecule has 1 aromatic rings. The molecule has 1 unspecified atom stereocenters. The summed E-state index contributed by atoms with van der Waals surface area (Å²) in [5.74, 6) is 1.36. The first-order chi connectivity index (χ1) is 9.84. The van der Waals surface area contributed by atoms with Crippen LogP contribution in [0.25, 0.3) is 0 Å². The maximum atomic E-state index is 11.7. The third-order valence-electron chi connectivity index (χ3n) is 3.40. The normalized spacial score (nSPS) is 17.7. The standard InChI is InChI=1S/C15H22N4O/c20-14(19-12-13-6-2-1-3-7-13)8-4-9-16-15-17-10-5-11-18-15/h1-2,5,10-11,13H,3-4,6-9,12H2,(H,19,20)(H,16,17,18). The maximum Gasteiger partial charge on any atom is 0.222 e. The number of hydrogen-bond acceptors (Lipinski definition) is 4. The molecule has 108 valence electrons. The van der Waals surface area contributed by atoms with Crippen LogP contribution in [0.4, 0.5) is 5.95 Å². The van der Waals surface area contributed by atoms with E-state index in [9.17, 15) is 4.79 Å². The van der Waals surface area contributed by atoms with Gasteiger partial charge < -0.3 is 10.6 Å². The van der Waals surface area contributed by atoms with Crippen LogP contribution in [0.15, 0.2) is 30.6 Å². The van der Waals surface area contributed by atoms with Crippen molar-refractivity contribution in [2.75, 3.05) is 18.4 Å². The summed E-state index contributed by atoms with van der Waals surface area (Å²) in [5, 5.41) is 6.11. The Morgan fingerprint density at radius 2 is 2.15 bits per heavy atom. The third kappa shape index (κ3) is 5.38. The SMILES string of the molecule is O=C(CCCNc1ncccn1)NCC1CC=CCC1. The van der Waals surface area contributed by atoms with Crippen LogP contribution in [-0.2, 0) is 4.79 Å². The Bertz CT molecular complexity index is 433. The van der Waals surface area contributed by atoms with E-state index in [4.69, 9.17) is 0 Å². The van der Waals surface area contributed by atoms with E-state index in [0.717, 1.165) is 25.8 Å². The second-order valence-corrected chi connectivity index (χ2v) is 5.06. The zero-order chi connectivity index (χ0) is 14.0. The van der Waals surface area contributed by atoms with Crippen molar-refractivity contribution < 1.29 is 4.79 Å². The Morgan fingerprint density at radius 1 is 1.30 bits per heavy atom. The molecule has 0 fully saturated rings. The maximum absolute atomic E-state index is 11.7. The van der Waals surface area contributed by atoms with Gasteiger partial charge in [0, 0.05) is 31.9 Å². The van der Waals surface area contributed by atoms with Crippen molar-refractivity contribution in [1.82, 2.24) is 15.3 Å². The summed E-state index contributed by atoms with van der Waals surface area (Å²) in [6.07, 6.45) is 12.6. The molecule has 0 radical (unpaired) electrons. The fourth-order valence-corrected chi connectivity index (χ4v) is 2.23. The highest BCUT2D eigenvalue weighted by Gasteiger charge is 2.10. The quantitative estimate of drug-likeness (QED) is 0.590. The van der Waals surface area contributed by atoms with Crippen LogP contribution in [0.1, 0.15) is 32.1 Å². The first-order valence-electron chi connectivity index (χ1n) is 7.27. The fraction of sp³-hybridized carbons (Fsp3) is 0.533. The van der Waals surface area contributed by atoms with Gasteiger partial charge in [0.05, 0.1) is 0 Å². The number of anilines is 1. The van der Waals surface area contributed by atoms with E-state index in [0.29, 0.717) is 24.8 Å². The largest absolute Gasteiger partial charge is 0.356 e. The monoisotopic (exact) mass is 274 g/mol. The second kappa shape index (κ2) is 8.30. The molecule has 5 heteroatoms. The van der Waals surface area contributed by atoms with Crippen molar-refractivity contribution in [3.63, 3.8) is 0 Å². The molecule has 1 aliphatic rings. The molecule has 20 heavy (non-hydrogen) atoms. The first-order valence-corrected chi connectivity index (χ1v) is 7.27. The minimum atomic E-state index is 0.135. The molecule has 5 nitrogen and oxygen atoms in total. The molecule has 0 saturated heterocycles. The number of amides is 1. The molecular formula is C15H22N4O. The molecule has 1 atom stereocenters. The third-order valence-corrected chi connectivity index (χ3v) is 3.40. The Labute approximate surface area is 119 Å². The lowest BCUT2D eigenvalue weighted by Crippen LogP contribution is -2.29. The molecule has 0 aliphatic heterocycles. The molecular weight excluding hydrogens is 252 g/mol. The Morgan fingerprint density at radius 3 is 2.90 bits per heavy atom. The minimum absolute atomic E-state index is 0.135. The summed E-state index contributed by atoms with van der Waals surface area (Å²) in [4.78, 5) is 19.8. The summed E-state index contributed by atoms with van der Waals surface area (Å²) in [6, 6.07) is 1.78. The number of carbonyl (C=O) groups excluding carboxylic acids is 1. The zero-order valence-corrected chi connectivity index (χ0v) is 11.7. The number of nitrogens with one attached hydrogen (secondary N) is 2. The smallest absolute Gasteiger partial charge is 0.222 e. The lowest BCUT2D eigenvalue weighted by molar-refractivity contribution is -0.121. The fourth-order valence-electron chi connectivity index (χ4n) is 2.23. The van der Waals surface area contributed by atoms with E-state index in [1.807, 2.05) is 0 Å². The number of rotatable bonds is 7. The van der Waals surface area contributed by atoms with Crippen molar-refractivity contribution in [2.24, 2.45) is 5.92 Å². The average molecular weight is 274 g/mol. The minimum Gasteiger partial charge on any atom is -0.356 e. The van der Waals surface area contributed by atoms with Gasteiger partial charge in [-0.15, -0.1) is 0 Å². The predicted octanol–water partition coefficient (Wildman–Crippen LogP) is 2.14. The average Bonchev–Trinajstić information content (AvgIpc) is 2.52. The van der Waals surface area contributed by atoms with Crippen LogP contribution in [0.3, 0.4) is 0 Å². The number of allylic oxidation sites excluding steroid dienone is 2. The summed E-state index contributed by atoms with van der Waals surface area (Å²) < 4.78 is 0. The van der Waals surface area contributed by atoms with E-state index < -0.39 is 0 Å². The highest BCUT2D eigenvalue weighted by molar-refractivity contribution is 5.75. The number of aromatic nitrogens is 2. The molecule has 0 spiro atoms. The van der Waals surface area contributed by atoms with Gasteiger partial charge in [0.25, 0.3) is 0 Å². The van der Waals surface area contributed by atoms with Gasteiger partial charge in [0.1, 0.15) is 0 Å². The Kier molecular flexibility index (Phi) is 6.02. The highest BCUT2D eigenvalue weighted by Crippen LogP contribution is 2.16. The number of hydrogen-bond donors (Lipinski definition) is 2. The predicted molar refractivity (Wildman–Crippen MR) is 79.2 cm³/mol. The van der Waals surface area contributed by atoms with Crippen LogP contribution in [0.5, 0.6) is 0 Å². The van der Waals surface area contributed by atoms with Crippen molar-refractivity contribution in [3.8, 4) is 0 Å². The van der Waals surface area contributed by atoms with Crippen LogP contribution in [0, 0.1) is 5.92 Å². The van der Waals surface area contributed by atoms with Gasteiger partial charge in [0.15, 0.2) is 0 Å². The lowest BCUT2D eigenvalue weighted by atomic mass is 9.94. The summed E-state index contributed by atoms with van der Waals surface area (Å²) in [5.41, 5.74) is 0. The van der Waals surface area contributed by atoms with Crippen LogP contribution < -0.4 is 10.6 Å². The molecule has 0 bridgehead atoms. The van der Waals surface area contributed by atoms with E-state index in [1.165, 1.54) is 6.42 Å². The van der Waals surface area contributed by atoms with Gasteiger partial charge in [-0.05, 0) is 37.7 Å². The zero-order valence-electron chi connectivity index (χ0n) is 11.7. The van der Waals surface area contributed by atoms with Gasteiger partial charge in [-0.2, -0.15) is 0 Å². The van der Waals surface area contributed by atoms with Gasteiger partial charge in [-0.1, -0.05) is 12.2 Å². The molecule has 2 N–H and O–H groups in total. The summed E-state index contributed by atoms with van der Waals surface area (Å²) >= 11 is 0. The van der Waals surface area contributed by atoms with Crippen LogP contribution in [-0.4, -0.2) is 29.0 Å². The molecule has 0 aromatic carbocycles. The molecule has 1 amide bonds. The first kappa shape index (κ1) is 14.5. The molecule has 2 rings (SSSR count). The topological polar surface area (TPSA) is 66.9 Å². The number of carbonyl (C=O) groups is 1. The van der Waals surface area contributed by atoms with Crippen molar-refractivity contribution in [2.45, 2.75) is 32.1 Å². The van der Waals surface area contributed by atoms with Crippen LogP contribution >= 0.6 is 0 Å². The van der Waals surface area contributed by atoms with Gasteiger partial charge in [-0.25, -0.2) is 9.97 Å². The Hall–Kier alpha value is -1.91. The Balaban J connectivity index is 1.53. The molecule has 1 aromatic heterocycles. The number of nitrogens with zero attached hydrogens (tertiary/aromatic N) is 2. The molecule has 1 aliphatic carbocycles. The van der Waals surface area contributed by atoms with Gasteiger partial charge >= 0.3 is 0 Å². The van der Waals surface area contributed by atoms with Crippen LogP contribution in [0.2, 0.25) is 0 Å². The van der Waals surface area contributed by atoms with Crippen molar-refractivity contribution in [3.05, 3.63) is 30.6 Å². The second-order valence-electron chi connectivity index (χ2n) is 5.06. The van der Waals surface area contributed by atoms with Gasteiger partial charge in [-0.3, -0.25) is 4.79 Å². The molecule has 1 heterocycles.